The second-order valence-corrected chi connectivity index (χ2v) is 14.5. The first-order chi connectivity index (χ1) is 16.6. The van der Waals surface area contributed by atoms with Crippen molar-refractivity contribution in [2.75, 3.05) is 33.7 Å². The Labute approximate surface area is 234 Å². The number of fused-ring (bicyclic) bond motifs is 5. The third kappa shape index (κ3) is 6.11. The number of quaternary nitrogens is 1. The number of rotatable bonds is 10. The van der Waals surface area contributed by atoms with Gasteiger partial charge in [0.2, 0.25) is 5.91 Å². The number of likely N-dealkylation sites (N-methyl/N-ethyl adjacent to an activating group) is 1. The summed E-state index contributed by atoms with van der Waals surface area (Å²) in [7, 11) is 4.46. The molecule has 0 aromatic heterocycles. The first-order valence-electron chi connectivity index (χ1n) is 15.3. The summed E-state index contributed by atoms with van der Waals surface area (Å²) in [6.45, 7) is 14.5. The highest BCUT2D eigenvalue weighted by Crippen LogP contribution is 2.68. The average molecular weight is 566 g/mol. The van der Waals surface area contributed by atoms with Gasteiger partial charge in [-0.25, -0.2) is 0 Å². The van der Waals surface area contributed by atoms with E-state index in [0.29, 0.717) is 23.2 Å². The van der Waals surface area contributed by atoms with Crippen LogP contribution in [0.4, 0.5) is 0 Å². The molecule has 208 valence electrons. The van der Waals surface area contributed by atoms with Gasteiger partial charge in [0.15, 0.2) is 0 Å². The van der Waals surface area contributed by atoms with Crippen LogP contribution in [0.1, 0.15) is 104 Å². The van der Waals surface area contributed by atoms with E-state index in [1.807, 2.05) is 6.08 Å². The molecule has 2 unspecified atom stereocenters. The molecule has 0 heterocycles. The zero-order valence-electron chi connectivity index (χ0n) is 24.3. The van der Waals surface area contributed by atoms with Crippen molar-refractivity contribution < 1.29 is 26.3 Å². The lowest BCUT2D eigenvalue weighted by Crippen LogP contribution is -3.00. The van der Waals surface area contributed by atoms with Gasteiger partial charge in [0, 0.05) is 19.4 Å². The van der Waals surface area contributed by atoms with Crippen molar-refractivity contribution in [3.05, 3.63) is 12.7 Å². The van der Waals surface area contributed by atoms with Gasteiger partial charge in [-0.05, 0) is 110 Å². The highest BCUT2D eigenvalue weighted by atomic mass is 79.9. The highest BCUT2D eigenvalue weighted by Gasteiger charge is 2.60. The normalized spacial score (nSPS) is 38.6. The van der Waals surface area contributed by atoms with Gasteiger partial charge in [0.25, 0.3) is 0 Å². The highest BCUT2D eigenvalue weighted by molar-refractivity contribution is 5.75. The molecule has 1 amide bonds. The number of halogens is 1. The maximum atomic E-state index is 12.6. The minimum Gasteiger partial charge on any atom is -1.00 e. The number of hydrogen-bond acceptors (Lipinski definition) is 1. The Morgan fingerprint density at radius 2 is 1.78 bits per heavy atom. The Hall–Kier alpha value is -0.350. The van der Waals surface area contributed by atoms with E-state index in [9.17, 15) is 4.79 Å². The summed E-state index contributed by atoms with van der Waals surface area (Å²) in [5.41, 5.74) is 1.16. The molecular weight excluding hydrogens is 508 g/mol. The lowest BCUT2D eigenvalue weighted by molar-refractivity contribution is -0.884. The zero-order chi connectivity index (χ0) is 25.3. The van der Waals surface area contributed by atoms with Gasteiger partial charge in [-0.2, -0.15) is 0 Å². The van der Waals surface area contributed by atoms with Crippen molar-refractivity contribution in [1.29, 1.82) is 0 Å². The van der Waals surface area contributed by atoms with Gasteiger partial charge in [-0.1, -0.05) is 40.2 Å². The molecule has 4 saturated carbocycles. The van der Waals surface area contributed by atoms with Crippen molar-refractivity contribution in [2.45, 2.75) is 104 Å². The topological polar surface area (TPSA) is 29.1 Å². The van der Waals surface area contributed by atoms with Crippen LogP contribution < -0.4 is 22.3 Å². The maximum absolute atomic E-state index is 12.6. The van der Waals surface area contributed by atoms with Crippen LogP contribution in [0.3, 0.4) is 0 Å². The van der Waals surface area contributed by atoms with Crippen LogP contribution in [-0.4, -0.2) is 44.1 Å². The van der Waals surface area contributed by atoms with Crippen LogP contribution in [-0.2, 0) is 4.79 Å². The van der Waals surface area contributed by atoms with E-state index in [1.54, 1.807) is 0 Å². The molecule has 0 aliphatic heterocycles. The second-order valence-electron chi connectivity index (χ2n) is 14.5. The molecule has 1 N–H and O–H groups in total. The molecule has 8 atom stereocenters. The lowest BCUT2D eigenvalue weighted by Gasteiger charge is -2.61. The monoisotopic (exact) mass is 564 g/mol. The maximum Gasteiger partial charge on any atom is 0.220 e. The van der Waals surface area contributed by atoms with Crippen molar-refractivity contribution in [3.63, 3.8) is 0 Å². The van der Waals surface area contributed by atoms with Crippen LogP contribution in [0.2, 0.25) is 0 Å². The standard InChI is InChI=1S/C32H56N2O.BrH/c1-7-22-34(5,6)23-10-21-33-30(35)17-12-24(2)27-15-16-28-26-14-13-25-11-8-9-19-31(25,3)29(26)18-20-32(27,28)4;/h7,24-29H,1,8-23H2,2-6H3;1H/t24?,25?,26-,27+,28-,29-,31-,32+;/m0./s1. The van der Waals surface area contributed by atoms with Gasteiger partial charge in [-0.3, -0.25) is 4.79 Å². The summed E-state index contributed by atoms with van der Waals surface area (Å²) in [4.78, 5) is 12.6. The van der Waals surface area contributed by atoms with Crippen molar-refractivity contribution in [3.8, 4) is 0 Å². The van der Waals surface area contributed by atoms with Crippen molar-refractivity contribution in [1.82, 2.24) is 5.32 Å². The first-order valence-corrected chi connectivity index (χ1v) is 15.3. The van der Waals surface area contributed by atoms with Crippen LogP contribution in [0.5, 0.6) is 0 Å². The van der Waals surface area contributed by atoms with Crippen LogP contribution in [0.25, 0.3) is 0 Å². The molecule has 36 heavy (non-hydrogen) atoms. The molecule has 0 aromatic rings. The number of nitrogens with one attached hydrogen (secondary N) is 1. The minimum atomic E-state index is 0. The Morgan fingerprint density at radius 1 is 1.03 bits per heavy atom. The number of amides is 1. The molecular formula is C32H57BrN2O. The smallest absolute Gasteiger partial charge is 0.220 e. The molecule has 4 aliphatic carbocycles. The molecule has 4 fully saturated rings. The Morgan fingerprint density at radius 3 is 2.53 bits per heavy atom. The fraction of sp³-hybridized carbons (Fsp3) is 0.906. The summed E-state index contributed by atoms with van der Waals surface area (Å²) in [6, 6.07) is 0. The number of carbonyl (C=O) groups excluding carboxylic acids is 1. The summed E-state index contributed by atoms with van der Waals surface area (Å²) >= 11 is 0. The third-order valence-corrected chi connectivity index (χ3v) is 12.1. The van der Waals surface area contributed by atoms with Gasteiger partial charge in [-0.15, -0.1) is 0 Å². The van der Waals surface area contributed by atoms with Gasteiger partial charge in [0.1, 0.15) is 0 Å². The molecule has 4 rings (SSSR count). The molecule has 3 nitrogen and oxygen atoms in total. The van der Waals surface area contributed by atoms with Gasteiger partial charge >= 0.3 is 0 Å². The second kappa shape index (κ2) is 12.2. The zero-order valence-corrected chi connectivity index (χ0v) is 25.9. The van der Waals surface area contributed by atoms with E-state index in [-0.39, 0.29) is 22.9 Å². The SMILES string of the molecule is C=CC[N+](C)(C)CCCNC(=O)CCC(C)[C@H]1CC[C@H]2[C@@H]3CCC4CCCC[C@]4(C)[C@H]3CC[C@]12C.[Br-]. The molecule has 0 aromatic carbocycles. The fourth-order valence-corrected chi connectivity index (χ4v) is 10.1. The molecule has 0 spiro atoms. The largest absolute Gasteiger partial charge is 1.00 e. The van der Waals surface area contributed by atoms with E-state index in [2.05, 4.69) is 46.8 Å². The molecule has 4 heteroatoms. The predicted octanol–water partition coefficient (Wildman–Crippen LogP) is 4.22. The van der Waals surface area contributed by atoms with Crippen LogP contribution >= 0.6 is 0 Å². The van der Waals surface area contributed by atoms with E-state index in [0.717, 1.165) is 66.5 Å². The van der Waals surface area contributed by atoms with Crippen molar-refractivity contribution >= 4 is 5.91 Å². The average Bonchev–Trinajstić information content (AvgIpc) is 3.17. The van der Waals surface area contributed by atoms with Crippen LogP contribution in [0, 0.1) is 46.3 Å². The molecule has 0 saturated heterocycles. The summed E-state index contributed by atoms with van der Waals surface area (Å²) in [6.07, 6.45) is 19.6. The summed E-state index contributed by atoms with van der Waals surface area (Å²) in [5, 5.41) is 3.20. The fourth-order valence-electron chi connectivity index (χ4n) is 10.1. The van der Waals surface area contributed by atoms with Crippen molar-refractivity contribution in [2.24, 2.45) is 46.3 Å². The molecule has 4 aliphatic rings. The van der Waals surface area contributed by atoms with Gasteiger partial charge < -0.3 is 26.8 Å². The lowest BCUT2D eigenvalue weighted by atomic mass is 9.44. The summed E-state index contributed by atoms with van der Waals surface area (Å²) in [5.74, 6) is 5.68. The summed E-state index contributed by atoms with van der Waals surface area (Å²) < 4.78 is 0.944. The molecule has 0 radical (unpaired) electrons. The predicted molar refractivity (Wildman–Crippen MR) is 148 cm³/mol. The quantitative estimate of drug-likeness (QED) is 0.240. The minimum absolute atomic E-state index is 0. The van der Waals surface area contributed by atoms with E-state index >= 15 is 0 Å². The Balaban J connectivity index is 0.00000361. The first kappa shape index (κ1) is 30.2. The number of nitrogens with zero attached hydrogens (tertiary/aromatic N) is 1. The molecule has 0 bridgehead atoms. The Kier molecular flexibility index (Phi) is 10.3. The number of carbonyl (C=O) groups is 1. The van der Waals surface area contributed by atoms with Gasteiger partial charge in [0.05, 0.1) is 27.2 Å². The van der Waals surface area contributed by atoms with E-state index < -0.39 is 0 Å². The van der Waals surface area contributed by atoms with E-state index in [1.165, 1.54) is 64.2 Å². The van der Waals surface area contributed by atoms with E-state index in [4.69, 9.17) is 0 Å². The van der Waals surface area contributed by atoms with Crippen LogP contribution in [0.15, 0.2) is 12.7 Å². The third-order valence-electron chi connectivity index (χ3n) is 12.1. The number of hydrogen-bond donors (Lipinski definition) is 1. The Bertz CT molecular complexity index is 752.